The van der Waals surface area contributed by atoms with Crippen molar-refractivity contribution in [2.75, 3.05) is 6.54 Å². The number of hydrogen-bond donors (Lipinski definition) is 2. The highest BCUT2D eigenvalue weighted by molar-refractivity contribution is 5.73. The molecule has 1 saturated carbocycles. The Bertz CT molecular complexity index is 579. The van der Waals surface area contributed by atoms with E-state index >= 15 is 0 Å². The van der Waals surface area contributed by atoms with E-state index in [1.807, 2.05) is 24.3 Å². The van der Waals surface area contributed by atoms with Crippen LogP contribution in [0.5, 0.6) is 0 Å². The smallest absolute Gasteiger partial charge is 0.0890 e. The normalized spacial score (nSPS) is 18.2. The lowest BCUT2D eigenvalue weighted by Gasteiger charge is -2.32. The third kappa shape index (κ3) is 3.14. The molecule has 0 amide bonds. The summed E-state index contributed by atoms with van der Waals surface area (Å²) >= 11 is 0. The molecule has 1 heterocycles. The van der Waals surface area contributed by atoms with Gasteiger partial charge in [-0.15, -0.1) is 0 Å². The van der Waals surface area contributed by atoms with Gasteiger partial charge in [-0.2, -0.15) is 0 Å². The molecule has 1 aromatic heterocycles. The zero-order valence-electron chi connectivity index (χ0n) is 11.7. The van der Waals surface area contributed by atoms with Crippen LogP contribution in [0.4, 0.5) is 0 Å². The van der Waals surface area contributed by atoms with Crippen LogP contribution in [0.1, 0.15) is 37.8 Å². The van der Waals surface area contributed by atoms with Crippen molar-refractivity contribution in [2.24, 2.45) is 0 Å². The second kappa shape index (κ2) is 5.85. The third-order valence-electron chi connectivity index (χ3n) is 4.04. The number of para-hydroxylation sites is 2. The molecule has 0 unspecified atom stereocenters. The molecule has 0 bridgehead atoms. The second-order valence-electron chi connectivity index (χ2n) is 5.74. The van der Waals surface area contributed by atoms with Crippen molar-refractivity contribution in [3.05, 3.63) is 36.2 Å². The Balaban J connectivity index is 1.59. The first-order valence-corrected chi connectivity index (χ1v) is 7.39. The highest BCUT2D eigenvalue weighted by Gasteiger charge is 2.28. The number of fused-ring (bicyclic) bond motifs is 1. The van der Waals surface area contributed by atoms with Crippen LogP contribution in [0.15, 0.2) is 30.5 Å². The van der Waals surface area contributed by atoms with Gasteiger partial charge in [0.2, 0.25) is 0 Å². The average molecular weight is 271 g/mol. The van der Waals surface area contributed by atoms with Crippen molar-refractivity contribution in [3.63, 3.8) is 0 Å². The van der Waals surface area contributed by atoms with Crippen molar-refractivity contribution < 1.29 is 5.11 Å². The zero-order valence-corrected chi connectivity index (χ0v) is 11.7. The molecule has 2 N–H and O–H groups in total. The van der Waals surface area contributed by atoms with E-state index in [1.54, 1.807) is 6.20 Å². The van der Waals surface area contributed by atoms with Gasteiger partial charge in [-0.3, -0.25) is 4.98 Å². The summed E-state index contributed by atoms with van der Waals surface area (Å²) in [5.41, 5.74) is 2.23. The van der Waals surface area contributed by atoms with Crippen molar-refractivity contribution in [1.82, 2.24) is 15.3 Å². The summed E-state index contributed by atoms with van der Waals surface area (Å²) in [4.78, 5) is 8.97. The summed E-state index contributed by atoms with van der Waals surface area (Å²) in [7, 11) is 0. The number of nitrogens with zero attached hydrogens (tertiary/aromatic N) is 2. The lowest BCUT2D eigenvalue weighted by Crippen LogP contribution is -2.42. The molecule has 1 aliphatic rings. The van der Waals surface area contributed by atoms with Gasteiger partial charge in [-0.1, -0.05) is 31.4 Å². The van der Waals surface area contributed by atoms with Gasteiger partial charge in [0.05, 0.1) is 28.5 Å². The van der Waals surface area contributed by atoms with Gasteiger partial charge in [-0.25, -0.2) is 4.98 Å². The van der Waals surface area contributed by atoms with E-state index < -0.39 is 5.60 Å². The Kier molecular flexibility index (Phi) is 3.94. The van der Waals surface area contributed by atoms with E-state index in [4.69, 9.17) is 0 Å². The standard InChI is InChI=1S/C16H21N3O/c20-16(8-4-1-5-9-16)12-17-10-13-11-18-14-6-2-3-7-15(14)19-13/h2-3,6-7,11,17,20H,1,4-5,8-10,12H2. The Morgan fingerprint density at radius 3 is 2.65 bits per heavy atom. The molecule has 2 aromatic rings. The molecule has 4 heteroatoms. The van der Waals surface area contributed by atoms with E-state index in [2.05, 4.69) is 15.3 Å². The molecule has 0 atom stereocenters. The number of aliphatic hydroxyl groups is 1. The molecule has 1 fully saturated rings. The first-order chi connectivity index (χ1) is 9.75. The predicted molar refractivity (Wildman–Crippen MR) is 79.3 cm³/mol. The van der Waals surface area contributed by atoms with E-state index in [-0.39, 0.29) is 0 Å². The minimum Gasteiger partial charge on any atom is -0.389 e. The van der Waals surface area contributed by atoms with Crippen molar-refractivity contribution >= 4 is 11.0 Å². The molecule has 4 nitrogen and oxygen atoms in total. The maximum atomic E-state index is 10.4. The number of rotatable bonds is 4. The van der Waals surface area contributed by atoms with Crippen LogP contribution in [-0.4, -0.2) is 27.2 Å². The number of benzene rings is 1. The van der Waals surface area contributed by atoms with Crippen molar-refractivity contribution in [3.8, 4) is 0 Å². The number of aromatic nitrogens is 2. The highest BCUT2D eigenvalue weighted by atomic mass is 16.3. The number of nitrogens with one attached hydrogen (secondary N) is 1. The van der Waals surface area contributed by atoms with Crippen molar-refractivity contribution in [2.45, 2.75) is 44.2 Å². The lowest BCUT2D eigenvalue weighted by molar-refractivity contribution is 0.00462. The fourth-order valence-corrected chi connectivity index (χ4v) is 2.89. The van der Waals surface area contributed by atoms with Gasteiger partial charge in [0, 0.05) is 13.1 Å². The summed E-state index contributed by atoms with van der Waals surface area (Å²) in [6.45, 7) is 1.29. The minimum atomic E-state index is -0.525. The fraction of sp³-hybridized carbons (Fsp3) is 0.500. The molecule has 1 aromatic carbocycles. The van der Waals surface area contributed by atoms with Gasteiger partial charge in [0.1, 0.15) is 0 Å². The van der Waals surface area contributed by atoms with Gasteiger partial charge in [0.25, 0.3) is 0 Å². The second-order valence-corrected chi connectivity index (χ2v) is 5.74. The lowest BCUT2D eigenvalue weighted by atomic mass is 9.85. The van der Waals surface area contributed by atoms with Crippen LogP contribution in [0.25, 0.3) is 11.0 Å². The molecule has 0 saturated heterocycles. The van der Waals surface area contributed by atoms with Crippen LogP contribution < -0.4 is 5.32 Å². The van der Waals surface area contributed by atoms with Crippen LogP contribution in [0, 0.1) is 0 Å². The maximum absolute atomic E-state index is 10.4. The summed E-state index contributed by atoms with van der Waals surface area (Å²) in [5.74, 6) is 0. The first-order valence-electron chi connectivity index (χ1n) is 7.39. The summed E-state index contributed by atoms with van der Waals surface area (Å²) in [5, 5.41) is 13.7. The Labute approximate surface area is 119 Å². The number of hydrogen-bond acceptors (Lipinski definition) is 4. The minimum absolute atomic E-state index is 0.525. The Morgan fingerprint density at radius 1 is 1.10 bits per heavy atom. The monoisotopic (exact) mass is 271 g/mol. The van der Waals surface area contributed by atoms with E-state index in [0.29, 0.717) is 13.1 Å². The average Bonchev–Trinajstić information content (AvgIpc) is 2.48. The molecule has 1 aliphatic carbocycles. The van der Waals surface area contributed by atoms with E-state index in [0.717, 1.165) is 42.4 Å². The van der Waals surface area contributed by atoms with Crippen LogP contribution >= 0.6 is 0 Å². The third-order valence-corrected chi connectivity index (χ3v) is 4.04. The van der Waals surface area contributed by atoms with Gasteiger partial charge < -0.3 is 10.4 Å². The van der Waals surface area contributed by atoms with Gasteiger partial charge in [-0.05, 0) is 25.0 Å². The molecule has 20 heavy (non-hydrogen) atoms. The topological polar surface area (TPSA) is 58.0 Å². The zero-order chi connectivity index (χ0) is 13.8. The molecule has 0 radical (unpaired) electrons. The molecule has 0 spiro atoms. The SMILES string of the molecule is OC1(CNCc2cnc3ccccc3n2)CCCCC1. The molecule has 3 rings (SSSR count). The maximum Gasteiger partial charge on any atom is 0.0890 e. The summed E-state index contributed by atoms with van der Waals surface area (Å²) in [6.07, 6.45) is 7.13. The van der Waals surface area contributed by atoms with E-state index in [9.17, 15) is 5.11 Å². The van der Waals surface area contributed by atoms with Gasteiger partial charge in [0.15, 0.2) is 0 Å². The Morgan fingerprint density at radius 2 is 1.85 bits per heavy atom. The fourth-order valence-electron chi connectivity index (χ4n) is 2.89. The van der Waals surface area contributed by atoms with Crippen LogP contribution in [0.3, 0.4) is 0 Å². The first kappa shape index (κ1) is 13.5. The summed E-state index contributed by atoms with van der Waals surface area (Å²) < 4.78 is 0. The predicted octanol–water partition coefficient (Wildman–Crippen LogP) is 2.41. The molecule has 0 aliphatic heterocycles. The van der Waals surface area contributed by atoms with Crippen LogP contribution in [-0.2, 0) is 6.54 Å². The molecular weight excluding hydrogens is 250 g/mol. The highest BCUT2D eigenvalue weighted by Crippen LogP contribution is 2.27. The summed E-state index contributed by atoms with van der Waals surface area (Å²) in [6, 6.07) is 7.87. The Hall–Kier alpha value is -1.52. The molecule has 106 valence electrons. The van der Waals surface area contributed by atoms with Crippen molar-refractivity contribution in [1.29, 1.82) is 0 Å². The quantitative estimate of drug-likeness (QED) is 0.896. The van der Waals surface area contributed by atoms with Crippen LogP contribution in [0.2, 0.25) is 0 Å². The van der Waals surface area contributed by atoms with E-state index in [1.165, 1.54) is 6.42 Å². The molecular formula is C16H21N3O. The largest absolute Gasteiger partial charge is 0.389 e. The van der Waals surface area contributed by atoms with Gasteiger partial charge >= 0.3 is 0 Å².